The predicted molar refractivity (Wildman–Crippen MR) is 99.5 cm³/mol. The lowest BCUT2D eigenvalue weighted by Crippen LogP contribution is -2.36. The van der Waals surface area contributed by atoms with Crippen molar-refractivity contribution in [1.82, 2.24) is 15.6 Å². The van der Waals surface area contributed by atoms with Crippen LogP contribution in [0.5, 0.6) is 11.5 Å². The van der Waals surface area contributed by atoms with E-state index in [0.717, 1.165) is 21.1 Å². The van der Waals surface area contributed by atoms with E-state index in [9.17, 15) is 4.79 Å². The van der Waals surface area contributed by atoms with Gasteiger partial charge >= 0.3 is 6.03 Å². The molecule has 0 saturated heterocycles. The number of thiazole rings is 1. The van der Waals surface area contributed by atoms with Crippen molar-refractivity contribution in [2.45, 2.75) is 40.3 Å². The van der Waals surface area contributed by atoms with Crippen LogP contribution in [0.4, 0.5) is 4.79 Å². The van der Waals surface area contributed by atoms with E-state index < -0.39 is 0 Å². The van der Waals surface area contributed by atoms with Crippen molar-refractivity contribution >= 4 is 17.4 Å². The Balaban J connectivity index is 1.92. The van der Waals surface area contributed by atoms with E-state index in [4.69, 9.17) is 9.47 Å². The highest BCUT2D eigenvalue weighted by molar-refractivity contribution is 7.11. The number of hydrogen-bond acceptors (Lipinski definition) is 5. The van der Waals surface area contributed by atoms with Crippen LogP contribution in [0.15, 0.2) is 18.2 Å². The number of amides is 2. The maximum Gasteiger partial charge on any atom is 0.315 e. The Labute approximate surface area is 152 Å². The van der Waals surface area contributed by atoms with Crippen molar-refractivity contribution < 1.29 is 14.3 Å². The minimum absolute atomic E-state index is 0.0823. The van der Waals surface area contributed by atoms with Crippen LogP contribution >= 0.6 is 11.3 Å². The molecule has 1 aromatic heterocycles. The van der Waals surface area contributed by atoms with Crippen LogP contribution in [-0.4, -0.2) is 24.7 Å². The van der Waals surface area contributed by atoms with Crippen molar-refractivity contribution in [3.8, 4) is 11.5 Å². The Morgan fingerprint density at radius 2 is 2.08 bits per heavy atom. The molecule has 2 amide bonds. The average Bonchev–Trinajstić information content (AvgIpc) is 2.92. The van der Waals surface area contributed by atoms with Gasteiger partial charge in [0, 0.05) is 11.4 Å². The molecule has 0 radical (unpaired) electrons. The molecule has 2 rings (SSSR count). The minimum Gasteiger partial charge on any atom is -0.493 e. The molecule has 2 N–H and O–H groups in total. The molecule has 0 unspecified atom stereocenters. The highest BCUT2D eigenvalue weighted by Gasteiger charge is 2.15. The number of nitrogens with zero attached hydrogens (tertiary/aromatic N) is 1. The molecule has 1 aromatic carbocycles. The van der Waals surface area contributed by atoms with Crippen LogP contribution < -0.4 is 20.1 Å². The molecule has 6 nitrogen and oxygen atoms in total. The number of rotatable bonds is 7. The standard InChI is InChI=1S/C18H25N3O3S/c1-6-24-15-8-7-14(9-16(15)23-5)10-19-18(22)21-12(3)17-11(2)20-13(4)25-17/h7-9,12H,6,10H2,1-5H3,(H2,19,21,22)/t12-/m1/s1. The van der Waals surface area contributed by atoms with Crippen LogP contribution in [0, 0.1) is 13.8 Å². The summed E-state index contributed by atoms with van der Waals surface area (Å²) >= 11 is 1.61. The summed E-state index contributed by atoms with van der Waals surface area (Å²) < 4.78 is 10.8. The normalized spacial score (nSPS) is 11.7. The van der Waals surface area contributed by atoms with E-state index in [1.807, 2.05) is 45.9 Å². The number of nitrogens with one attached hydrogen (secondary N) is 2. The van der Waals surface area contributed by atoms with E-state index in [1.54, 1.807) is 18.4 Å². The summed E-state index contributed by atoms with van der Waals surface area (Å²) in [5.41, 5.74) is 1.90. The average molecular weight is 363 g/mol. The lowest BCUT2D eigenvalue weighted by atomic mass is 10.2. The van der Waals surface area contributed by atoms with Gasteiger partial charge in [0.25, 0.3) is 0 Å². The zero-order valence-electron chi connectivity index (χ0n) is 15.3. The Bertz CT molecular complexity index is 730. The SMILES string of the molecule is CCOc1ccc(CNC(=O)N[C@H](C)c2sc(C)nc2C)cc1OC. The Morgan fingerprint density at radius 3 is 2.68 bits per heavy atom. The number of aryl methyl sites for hydroxylation is 2. The molecule has 25 heavy (non-hydrogen) atoms. The molecule has 7 heteroatoms. The van der Waals surface area contributed by atoms with Crippen molar-refractivity contribution in [1.29, 1.82) is 0 Å². The molecule has 0 spiro atoms. The van der Waals surface area contributed by atoms with E-state index >= 15 is 0 Å². The summed E-state index contributed by atoms with van der Waals surface area (Å²) in [5.74, 6) is 1.36. The first kappa shape index (κ1) is 19.1. The molecule has 0 aliphatic rings. The summed E-state index contributed by atoms with van der Waals surface area (Å²) in [6.45, 7) is 8.79. The largest absolute Gasteiger partial charge is 0.493 e. The first-order chi connectivity index (χ1) is 11.9. The third-order valence-electron chi connectivity index (χ3n) is 3.66. The fourth-order valence-corrected chi connectivity index (χ4v) is 3.47. The maximum atomic E-state index is 12.1. The molecule has 1 heterocycles. The lowest BCUT2D eigenvalue weighted by Gasteiger charge is -2.15. The molecular weight excluding hydrogens is 338 g/mol. The van der Waals surface area contributed by atoms with Gasteiger partial charge in [0.05, 0.1) is 30.5 Å². The van der Waals surface area contributed by atoms with Crippen LogP contribution in [0.2, 0.25) is 0 Å². The van der Waals surface area contributed by atoms with Crippen molar-refractivity contribution in [2.75, 3.05) is 13.7 Å². The monoisotopic (exact) mass is 363 g/mol. The smallest absolute Gasteiger partial charge is 0.315 e. The maximum absolute atomic E-state index is 12.1. The minimum atomic E-state index is -0.217. The summed E-state index contributed by atoms with van der Waals surface area (Å²) in [5, 5.41) is 6.81. The number of carbonyl (C=O) groups excluding carboxylic acids is 1. The molecule has 136 valence electrons. The van der Waals surface area contributed by atoms with E-state index in [1.165, 1.54) is 0 Å². The van der Waals surface area contributed by atoms with Gasteiger partial charge in [-0.1, -0.05) is 6.07 Å². The van der Waals surface area contributed by atoms with Crippen LogP contribution in [0.25, 0.3) is 0 Å². The fourth-order valence-electron chi connectivity index (χ4n) is 2.54. The molecule has 0 aliphatic carbocycles. The summed E-state index contributed by atoms with van der Waals surface area (Å²) in [6.07, 6.45) is 0. The van der Waals surface area contributed by atoms with Crippen LogP contribution in [-0.2, 0) is 6.54 Å². The number of methoxy groups -OCH3 is 1. The van der Waals surface area contributed by atoms with Crippen molar-refractivity contribution in [3.63, 3.8) is 0 Å². The van der Waals surface area contributed by atoms with Gasteiger partial charge in [0.15, 0.2) is 11.5 Å². The Kier molecular flexibility index (Phi) is 6.64. The molecule has 0 fully saturated rings. The molecule has 0 bridgehead atoms. The Hall–Kier alpha value is -2.28. The van der Waals surface area contributed by atoms with Gasteiger partial charge in [-0.2, -0.15) is 0 Å². The Morgan fingerprint density at radius 1 is 1.32 bits per heavy atom. The third kappa shape index (κ3) is 5.09. The fraction of sp³-hybridized carbons (Fsp3) is 0.444. The predicted octanol–water partition coefficient (Wildman–Crippen LogP) is 3.73. The van der Waals surface area contributed by atoms with Gasteiger partial charge in [-0.25, -0.2) is 9.78 Å². The van der Waals surface area contributed by atoms with Gasteiger partial charge < -0.3 is 20.1 Å². The van der Waals surface area contributed by atoms with Gasteiger partial charge in [-0.05, 0) is 45.4 Å². The second-order valence-corrected chi connectivity index (χ2v) is 6.88. The topological polar surface area (TPSA) is 72.5 Å². The van der Waals surface area contributed by atoms with Crippen LogP contribution in [0.1, 0.15) is 41.0 Å². The second-order valence-electron chi connectivity index (χ2n) is 5.65. The number of carbonyl (C=O) groups is 1. The summed E-state index contributed by atoms with van der Waals surface area (Å²) in [7, 11) is 1.60. The highest BCUT2D eigenvalue weighted by Crippen LogP contribution is 2.28. The molecule has 0 saturated carbocycles. The quantitative estimate of drug-likeness (QED) is 0.786. The molecule has 1 atom stereocenters. The second kappa shape index (κ2) is 8.71. The number of hydrogen-bond donors (Lipinski definition) is 2. The van der Waals surface area contributed by atoms with E-state index in [-0.39, 0.29) is 12.1 Å². The van der Waals surface area contributed by atoms with Gasteiger partial charge in [-0.15, -0.1) is 11.3 Å². The van der Waals surface area contributed by atoms with Crippen molar-refractivity contribution in [2.24, 2.45) is 0 Å². The number of urea groups is 1. The molecule has 0 aliphatic heterocycles. The van der Waals surface area contributed by atoms with Crippen molar-refractivity contribution in [3.05, 3.63) is 39.3 Å². The number of ether oxygens (including phenoxy) is 2. The molecular formula is C18H25N3O3S. The summed E-state index contributed by atoms with van der Waals surface area (Å²) in [6, 6.07) is 5.33. The summed E-state index contributed by atoms with van der Waals surface area (Å²) in [4.78, 5) is 17.6. The zero-order valence-corrected chi connectivity index (χ0v) is 16.1. The zero-order chi connectivity index (χ0) is 18.4. The van der Waals surface area contributed by atoms with E-state index in [0.29, 0.717) is 24.7 Å². The van der Waals surface area contributed by atoms with Crippen LogP contribution in [0.3, 0.4) is 0 Å². The molecule has 2 aromatic rings. The highest BCUT2D eigenvalue weighted by atomic mass is 32.1. The van der Waals surface area contributed by atoms with E-state index in [2.05, 4.69) is 15.6 Å². The van der Waals surface area contributed by atoms with Gasteiger partial charge in [0.2, 0.25) is 0 Å². The first-order valence-electron chi connectivity index (χ1n) is 8.22. The third-order valence-corrected chi connectivity index (χ3v) is 4.92. The number of benzene rings is 1. The van der Waals surface area contributed by atoms with Gasteiger partial charge in [-0.3, -0.25) is 0 Å². The number of aromatic nitrogens is 1. The first-order valence-corrected chi connectivity index (χ1v) is 9.04. The van der Waals surface area contributed by atoms with Gasteiger partial charge in [0.1, 0.15) is 0 Å². The lowest BCUT2D eigenvalue weighted by molar-refractivity contribution is 0.237.